The Morgan fingerprint density at radius 1 is 1.04 bits per heavy atom. The van der Waals surface area contributed by atoms with Crippen LogP contribution in [0, 0.1) is 0 Å². The summed E-state index contributed by atoms with van der Waals surface area (Å²) < 4.78 is 10.7. The fourth-order valence-corrected chi connectivity index (χ4v) is 2.54. The number of halogens is 3. The molecule has 0 aliphatic rings. The molecule has 0 radical (unpaired) electrons. The van der Waals surface area contributed by atoms with Gasteiger partial charge >= 0.3 is 0 Å². The second-order valence-electron chi connectivity index (χ2n) is 4.70. The standard InChI is InChI=1S/C16H14Cl3NO3/c1-9(23-13-6-11(18)5-12(19)7-13)16(21)20-14-8-10(17)3-4-15(14)22-2/h3-9H,1-2H3,(H,20,21)/t9-/m0/s1. The fraction of sp³-hybridized carbons (Fsp3) is 0.188. The number of carbonyl (C=O) groups is 1. The predicted octanol–water partition coefficient (Wildman–Crippen LogP) is 5.06. The zero-order chi connectivity index (χ0) is 17.0. The number of anilines is 1. The van der Waals surface area contributed by atoms with E-state index in [4.69, 9.17) is 44.3 Å². The van der Waals surface area contributed by atoms with Gasteiger partial charge in [0.1, 0.15) is 11.5 Å². The molecule has 0 unspecified atom stereocenters. The summed E-state index contributed by atoms with van der Waals surface area (Å²) in [6.45, 7) is 1.61. The van der Waals surface area contributed by atoms with Crippen molar-refractivity contribution in [2.45, 2.75) is 13.0 Å². The van der Waals surface area contributed by atoms with Gasteiger partial charge in [0, 0.05) is 15.1 Å². The summed E-state index contributed by atoms with van der Waals surface area (Å²) in [7, 11) is 1.51. The van der Waals surface area contributed by atoms with Gasteiger partial charge in [-0.3, -0.25) is 4.79 Å². The Hall–Kier alpha value is -1.62. The van der Waals surface area contributed by atoms with Crippen molar-refractivity contribution in [1.29, 1.82) is 0 Å². The molecule has 7 heteroatoms. The lowest BCUT2D eigenvalue weighted by atomic mass is 10.2. The number of ether oxygens (including phenoxy) is 2. The molecule has 1 atom stereocenters. The van der Waals surface area contributed by atoms with Crippen molar-refractivity contribution >= 4 is 46.4 Å². The average molecular weight is 375 g/mol. The third kappa shape index (κ3) is 4.93. The van der Waals surface area contributed by atoms with E-state index in [-0.39, 0.29) is 5.91 Å². The summed E-state index contributed by atoms with van der Waals surface area (Å²) in [5.74, 6) is 0.547. The minimum atomic E-state index is -0.770. The molecule has 0 fully saturated rings. The maximum absolute atomic E-state index is 12.3. The summed E-state index contributed by atoms with van der Waals surface area (Å²) >= 11 is 17.7. The highest BCUT2D eigenvalue weighted by molar-refractivity contribution is 6.34. The topological polar surface area (TPSA) is 47.6 Å². The van der Waals surface area contributed by atoms with Crippen molar-refractivity contribution in [3.8, 4) is 11.5 Å². The molecule has 1 N–H and O–H groups in total. The molecule has 0 aliphatic carbocycles. The molecule has 0 spiro atoms. The predicted molar refractivity (Wildman–Crippen MR) is 93.2 cm³/mol. The zero-order valence-electron chi connectivity index (χ0n) is 12.4. The lowest BCUT2D eigenvalue weighted by Gasteiger charge is -2.16. The lowest BCUT2D eigenvalue weighted by molar-refractivity contribution is -0.122. The minimum Gasteiger partial charge on any atom is -0.495 e. The normalized spacial score (nSPS) is 11.7. The molecule has 23 heavy (non-hydrogen) atoms. The van der Waals surface area contributed by atoms with E-state index in [1.165, 1.54) is 7.11 Å². The van der Waals surface area contributed by atoms with Crippen LogP contribution in [0.5, 0.6) is 11.5 Å². The quantitative estimate of drug-likeness (QED) is 0.795. The Balaban J connectivity index is 2.09. The highest BCUT2D eigenvalue weighted by atomic mass is 35.5. The zero-order valence-corrected chi connectivity index (χ0v) is 14.7. The van der Waals surface area contributed by atoms with Gasteiger partial charge in [-0.2, -0.15) is 0 Å². The summed E-state index contributed by atoms with van der Waals surface area (Å²) in [5, 5.41) is 4.05. The summed E-state index contributed by atoms with van der Waals surface area (Å²) in [5.41, 5.74) is 0.463. The first kappa shape index (κ1) is 17.7. The number of nitrogens with one attached hydrogen (secondary N) is 1. The van der Waals surface area contributed by atoms with Crippen LogP contribution in [0.15, 0.2) is 36.4 Å². The number of hydrogen-bond acceptors (Lipinski definition) is 3. The Morgan fingerprint density at radius 2 is 1.70 bits per heavy atom. The van der Waals surface area contributed by atoms with Crippen LogP contribution in [0.1, 0.15) is 6.92 Å². The molecule has 1 amide bonds. The van der Waals surface area contributed by atoms with Gasteiger partial charge in [0.05, 0.1) is 12.8 Å². The summed E-state index contributed by atoms with van der Waals surface area (Å²) in [4.78, 5) is 12.3. The molecule has 122 valence electrons. The molecule has 0 heterocycles. The van der Waals surface area contributed by atoms with E-state index in [1.54, 1.807) is 43.3 Å². The number of hydrogen-bond donors (Lipinski definition) is 1. The van der Waals surface area contributed by atoms with E-state index in [2.05, 4.69) is 5.32 Å². The van der Waals surface area contributed by atoms with Crippen LogP contribution in [-0.2, 0) is 4.79 Å². The second kappa shape index (κ2) is 7.77. The van der Waals surface area contributed by atoms with Crippen molar-refractivity contribution in [2.24, 2.45) is 0 Å². The number of carbonyl (C=O) groups excluding carboxylic acids is 1. The van der Waals surface area contributed by atoms with Crippen LogP contribution in [-0.4, -0.2) is 19.1 Å². The Morgan fingerprint density at radius 3 is 2.30 bits per heavy atom. The van der Waals surface area contributed by atoms with Gasteiger partial charge in [0.15, 0.2) is 6.10 Å². The van der Waals surface area contributed by atoms with Gasteiger partial charge in [-0.15, -0.1) is 0 Å². The molecule has 0 aliphatic heterocycles. The smallest absolute Gasteiger partial charge is 0.265 e. The largest absolute Gasteiger partial charge is 0.495 e. The SMILES string of the molecule is COc1ccc(Cl)cc1NC(=O)[C@H](C)Oc1cc(Cl)cc(Cl)c1. The number of benzene rings is 2. The molecule has 4 nitrogen and oxygen atoms in total. The highest BCUT2D eigenvalue weighted by Crippen LogP contribution is 2.28. The Kier molecular flexibility index (Phi) is 5.99. The maximum atomic E-state index is 12.3. The van der Waals surface area contributed by atoms with Crippen LogP contribution in [0.4, 0.5) is 5.69 Å². The van der Waals surface area contributed by atoms with E-state index in [0.717, 1.165) is 0 Å². The molecule has 2 rings (SSSR count). The van der Waals surface area contributed by atoms with E-state index in [9.17, 15) is 4.79 Å². The maximum Gasteiger partial charge on any atom is 0.265 e. The van der Waals surface area contributed by atoms with Gasteiger partial charge in [-0.05, 0) is 43.3 Å². The highest BCUT2D eigenvalue weighted by Gasteiger charge is 2.17. The molecular formula is C16H14Cl3NO3. The molecule has 0 bridgehead atoms. The van der Waals surface area contributed by atoms with E-state index < -0.39 is 6.10 Å². The molecule has 2 aromatic rings. The van der Waals surface area contributed by atoms with Gasteiger partial charge < -0.3 is 14.8 Å². The van der Waals surface area contributed by atoms with E-state index in [1.807, 2.05) is 0 Å². The molecule has 0 aromatic heterocycles. The molecule has 2 aromatic carbocycles. The first-order valence-electron chi connectivity index (χ1n) is 6.66. The monoisotopic (exact) mass is 373 g/mol. The van der Waals surface area contributed by atoms with Crippen LogP contribution in [0.3, 0.4) is 0 Å². The second-order valence-corrected chi connectivity index (χ2v) is 6.01. The number of methoxy groups -OCH3 is 1. The summed E-state index contributed by atoms with van der Waals surface area (Å²) in [6.07, 6.45) is -0.770. The van der Waals surface area contributed by atoms with Crippen LogP contribution in [0.25, 0.3) is 0 Å². The Labute approximate surface area is 149 Å². The van der Waals surface area contributed by atoms with Gasteiger partial charge in [0.25, 0.3) is 5.91 Å². The number of rotatable bonds is 5. The van der Waals surface area contributed by atoms with E-state index >= 15 is 0 Å². The van der Waals surface area contributed by atoms with Crippen LogP contribution >= 0.6 is 34.8 Å². The molecule has 0 saturated carbocycles. The minimum absolute atomic E-state index is 0.360. The molecule has 0 saturated heterocycles. The summed E-state index contributed by atoms with van der Waals surface area (Å²) in [6, 6.07) is 9.68. The van der Waals surface area contributed by atoms with Gasteiger partial charge in [0.2, 0.25) is 0 Å². The van der Waals surface area contributed by atoms with Crippen molar-refractivity contribution in [1.82, 2.24) is 0 Å². The van der Waals surface area contributed by atoms with Crippen LogP contribution in [0.2, 0.25) is 15.1 Å². The lowest BCUT2D eigenvalue weighted by Crippen LogP contribution is -2.30. The molecular weight excluding hydrogens is 361 g/mol. The van der Waals surface area contributed by atoms with Gasteiger partial charge in [-0.1, -0.05) is 34.8 Å². The first-order chi connectivity index (χ1) is 10.9. The van der Waals surface area contributed by atoms with Crippen LogP contribution < -0.4 is 14.8 Å². The first-order valence-corrected chi connectivity index (χ1v) is 7.79. The third-order valence-electron chi connectivity index (χ3n) is 2.94. The van der Waals surface area contributed by atoms with Crippen molar-refractivity contribution in [2.75, 3.05) is 12.4 Å². The van der Waals surface area contributed by atoms with E-state index in [0.29, 0.717) is 32.3 Å². The average Bonchev–Trinajstić information content (AvgIpc) is 2.46. The van der Waals surface area contributed by atoms with Gasteiger partial charge in [-0.25, -0.2) is 0 Å². The Bertz CT molecular complexity index is 701. The number of amides is 1. The van der Waals surface area contributed by atoms with Crippen molar-refractivity contribution < 1.29 is 14.3 Å². The van der Waals surface area contributed by atoms with Crippen molar-refractivity contribution in [3.05, 3.63) is 51.5 Å². The third-order valence-corrected chi connectivity index (χ3v) is 3.61. The van der Waals surface area contributed by atoms with Crippen molar-refractivity contribution in [3.63, 3.8) is 0 Å². The fourth-order valence-electron chi connectivity index (χ4n) is 1.87.